The molecule has 0 aliphatic rings. The van der Waals surface area contributed by atoms with E-state index in [-0.39, 0.29) is 45.0 Å². The van der Waals surface area contributed by atoms with E-state index < -0.39 is 36.6 Å². The first-order valence-electron chi connectivity index (χ1n) is 13.4. The van der Waals surface area contributed by atoms with Crippen LogP contribution in [0.25, 0.3) is 0 Å². The molecule has 0 atom stereocenters. The molecule has 0 spiro atoms. The number of halogens is 4. The molecule has 0 saturated carbocycles. The van der Waals surface area contributed by atoms with Gasteiger partial charge in [-0.2, -0.15) is 0 Å². The Morgan fingerprint density at radius 3 is 1.78 bits per heavy atom. The van der Waals surface area contributed by atoms with Crippen LogP contribution >= 0.6 is 50.7 Å². The maximum atomic E-state index is 10.5. The zero-order valence-electron chi connectivity index (χ0n) is 27.4. The summed E-state index contributed by atoms with van der Waals surface area (Å²) in [6.07, 6.45) is 0. The molecule has 0 saturated heterocycles. The van der Waals surface area contributed by atoms with Crippen molar-refractivity contribution in [1.29, 1.82) is 1.43 Å². The number of aliphatic hydroxyl groups is 1. The van der Waals surface area contributed by atoms with Crippen LogP contribution in [0, 0.1) is 20.2 Å². The summed E-state index contributed by atoms with van der Waals surface area (Å²) in [5, 5.41) is 25.0. The summed E-state index contributed by atoms with van der Waals surface area (Å²) in [5.74, 6) is -0.214. The topological polar surface area (TPSA) is 151 Å². The summed E-state index contributed by atoms with van der Waals surface area (Å²) in [6.45, 7) is 0. The quantitative estimate of drug-likeness (QED) is 0.132. The van der Waals surface area contributed by atoms with Gasteiger partial charge in [0.2, 0.25) is 1.43 Å². The van der Waals surface area contributed by atoms with E-state index >= 15 is 0 Å². The molecule has 0 aliphatic heterocycles. The van der Waals surface area contributed by atoms with Crippen molar-refractivity contribution in [3.63, 3.8) is 0 Å². The van der Waals surface area contributed by atoms with Gasteiger partial charge in [0.25, 0.3) is 5.69 Å². The van der Waals surface area contributed by atoms with Gasteiger partial charge in [0.1, 0.15) is 5.75 Å². The van der Waals surface area contributed by atoms with Crippen molar-refractivity contribution in [2.24, 2.45) is 0 Å². The number of nitro groups is 2. The predicted octanol–water partition coefficient (Wildman–Crippen LogP) is 6.80. The number of hydrogen-bond donors (Lipinski definition) is 2. The Morgan fingerprint density at radius 2 is 1.33 bits per heavy atom. The molecule has 0 radical (unpaired) electrons. The number of nitrogen functional groups attached to an aromatic ring is 1. The van der Waals surface area contributed by atoms with Crippen LogP contribution in [0.1, 0.15) is 12.3 Å². The predicted molar refractivity (Wildman–Crippen MR) is 141 cm³/mol. The number of anilines is 1. The maximum absolute atomic E-state index is 10.5. The maximum Gasteiger partial charge on any atom is 0.312 e. The molecule has 10 nitrogen and oxygen atoms in total. The van der Waals surface area contributed by atoms with E-state index in [0.29, 0.717) is 14.5 Å². The van der Waals surface area contributed by atoms with Gasteiger partial charge in [-0.1, -0.05) is 34.8 Å². The van der Waals surface area contributed by atoms with E-state index in [1.54, 1.807) is 12.1 Å². The normalized spacial score (nSPS) is 14.0. The third kappa shape index (κ3) is 12.6. The molecule has 3 rings (SSSR count). The van der Waals surface area contributed by atoms with Gasteiger partial charge < -0.3 is 20.3 Å². The van der Waals surface area contributed by atoms with Crippen molar-refractivity contribution in [3.8, 4) is 11.5 Å². The average molecular weight is 680 g/mol. The molecule has 198 valence electrons. The SMILES string of the molecule is O=[N+]([O-])c1cc(Cl)ccc1Br.[2H]C([2H])([2H])Oc1ccc(Cl)cc1N.[2H]C([2H])([2H])Oc1ccc(Cl)cc1[N+](=O)[O-].[2H]OC([2H])([2H])[2H].[Fe]. The van der Waals surface area contributed by atoms with Gasteiger partial charge in [-0.05, 0) is 58.4 Å². The number of nitro benzene ring substituents is 2. The van der Waals surface area contributed by atoms with Crippen molar-refractivity contribution in [3.05, 3.63) is 94.4 Å². The standard InChI is InChI=1S/C7H6ClNO3.C7H8ClNO.C6H3BrClNO2.CH4O.Fe/c1-12-7-3-2-5(8)4-6(7)9(10)11;1-10-7-3-2-5(8)4-6(7)9;7-5-2-1-4(8)3-6(5)9(10)11;1-2;/h2-4H,1H3;2-4H,9H2,1H3;1-3H;2H,1H3;/i2*1D3;;1D3,2D;. The van der Waals surface area contributed by atoms with Crippen molar-refractivity contribution >= 4 is 67.8 Å². The molecule has 0 aromatic heterocycles. The Labute approximate surface area is 255 Å². The zero-order chi connectivity index (χ0) is 35.3. The van der Waals surface area contributed by atoms with Crippen molar-refractivity contribution in [2.45, 2.75) is 0 Å². The minimum absolute atomic E-state index is 0. The second-order valence-electron chi connectivity index (χ2n) is 5.61. The first kappa shape index (κ1) is 20.7. The molecule has 0 heterocycles. The van der Waals surface area contributed by atoms with Crippen LogP contribution in [0.4, 0.5) is 17.1 Å². The van der Waals surface area contributed by atoms with Gasteiger partial charge in [0.05, 0.1) is 46.4 Å². The van der Waals surface area contributed by atoms with E-state index in [4.69, 9.17) is 54.3 Å². The number of methoxy groups -OCH3 is 2. The second-order valence-corrected chi connectivity index (χ2v) is 7.77. The molecular formula is C21H21BrCl3FeN3O7. The van der Waals surface area contributed by atoms with Crippen LogP contribution in [0.3, 0.4) is 0 Å². The Kier molecular flexibility index (Phi) is 10.9. The van der Waals surface area contributed by atoms with Crippen LogP contribution in [0.5, 0.6) is 11.5 Å². The molecule has 3 N–H and O–H groups in total. The Bertz CT molecular complexity index is 1460. The number of nitrogens with two attached hydrogens (primary N) is 1. The molecule has 15 heteroatoms. The summed E-state index contributed by atoms with van der Waals surface area (Å²) >= 11 is 19.7. The summed E-state index contributed by atoms with van der Waals surface area (Å²) in [4.78, 5) is 19.6. The van der Waals surface area contributed by atoms with Crippen LogP contribution in [-0.2, 0) is 17.1 Å². The van der Waals surface area contributed by atoms with Gasteiger partial charge in [-0.15, -0.1) is 0 Å². The van der Waals surface area contributed by atoms with Gasteiger partial charge in [0.15, 0.2) is 5.75 Å². The molecule has 0 fully saturated rings. The number of rotatable bonds is 4. The monoisotopic (exact) mass is 677 g/mol. The fraction of sp³-hybridized carbons (Fsp3) is 0.143. The van der Waals surface area contributed by atoms with Gasteiger partial charge in [-0.25, -0.2) is 0 Å². The molecule has 36 heavy (non-hydrogen) atoms. The van der Waals surface area contributed by atoms with E-state index in [2.05, 4.69) is 30.5 Å². The number of benzene rings is 3. The summed E-state index contributed by atoms with van der Waals surface area (Å²) in [7, 11) is -7.75. The van der Waals surface area contributed by atoms with Crippen LogP contribution in [0.15, 0.2) is 59.1 Å². The number of nitrogens with zero attached hydrogens (tertiary/aromatic N) is 2. The minimum atomic E-state index is -2.72. The van der Waals surface area contributed by atoms with E-state index in [9.17, 15) is 20.2 Å². The van der Waals surface area contributed by atoms with E-state index in [1.807, 2.05) is 0 Å². The van der Waals surface area contributed by atoms with Crippen molar-refractivity contribution < 1.29 is 53.8 Å². The third-order valence-corrected chi connectivity index (χ3v) is 4.79. The summed E-state index contributed by atoms with van der Waals surface area (Å²) in [6, 6.07) is 12.3. The summed E-state index contributed by atoms with van der Waals surface area (Å²) in [5.41, 5.74) is 5.19. The molecule has 0 aliphatic carbocycles. The average Bonchev–Trinajstić information content (AvgIpc) is 2.87. The largest absolute Gasteiger partial charge is 0.495 e. The third-order valence-electron chi connectivity index (χ3n) is 3.41. The fourth-order valence-corrected chi connectivity index (χ4v) is 2.86. The molecule has 0 amide bonds. The van der Waals surface area contributed by atoms with Crippen molar-refractivity contribution in [2.75, 3.05) is 26.8 Å². The van der Waals surface area contributed by atoms with Crippen molar-refractivity contribution in [1.82, 2.24) is 0 Å². The van der Waals surface area contributed by atoms with Crippen LogP contribution < -0.4 is 15.2 Å². The first-order chi connectivity index (χ1) is 20.3. The van der Waals surface area contributed by atoms with Crippen LogP contribution in [0.2, 0.25) is 15.1 Å². The Morgan fingerprint density at radius 1 is 0.889 bits per heavy atom. The Balaban J connectivity index is 0. The smallest absolute Gasteiger partial charge is 0.312 e. The van der Waals surface area contributed by atoms with E-state index in [1.165, 1.54) is 30.3 Å². The summed E-state index contributed by atoms with van der Waals surface area (Å²) < 4.78 is 74.6. The fourth-order valence-electron chi connectivity index (χ4n) is 1.96. The molecule has 3 aromatic carbocycles. The number of ether oxygens (including phenoxy) is 2. The van der Waals surface area contributed by atoms with E-state index in [0.717, 1.165) is 12.1 Å². The van der Waals surface area contributed by atoms with Gasteiger partial charge in [-0.3, -0.25) is 20.2 Å². The zero-order valence-corrected chi connectivity index (χ0v) is 22.3. The number of hydrogen-bond acceptors (Lipinski definition) is 8. The van der Waals surface area contributed by atoms with Crippen LogP contribution in [-0.4, -0.2) is 37.5 Å². The minimum Gasteiger partial charge on any atom is -0.495 e. The van der Waals surface area contributed by atoms with Gasteiger partial charge >= 0.3 is 5.69 Å². The molecular weight excluding hydrogens is 648 g/mol. The molecule has 0 unspecified atom stereocenters. The second kappa shape index (κ2) is 18.9. The Hall–Kier alpha value is -2.31. The molecule has 3 aromatic rings. The molecule has 0 bridgehead atoms. The van der Waals surface area contributed by atoms with Gasteiger partial charge in [0, 0.05) is 51.3 Å². The first-order valence-corrected chi connectivity index (χ1v) is 10.4.